The second-order valence-electron chi connectivity index (χ2n) is 5.96. The van der Waals surface area contributed by atoms with Gasteiger partial charge in [-0.05, 0) is 39.7 Å². The molecule has 1 aliphatic carbocycles. The summed E-state index contributed by atoms with van der Waals surface area (Å²) in [5.74, 6) is 2.79. The molecule has 0 spiro atoms. The minimum Gasteiger partial charge on any atom is -0.364 e. The van der Waals surface area contributed by atoms with Gasteiger partial charge in [-0.3, -0.25) is 4.79 Å². The van der Waals surface area contributed by atoms with Crippen LogP contribution in [0.4, 0.5) is 5.82 Å². The number of nitrogens with one attached hydrogen (secondary N) is 2. The van der Waals surface area contributed by atoms with Crippen LogP contribution in [0.15, 0.2) is 12.3 Å². The smallest absolute Gasteiger partial charge is 0.256 e. The van der Waals surface area contributed by atoms with Crippen LogP contribution in [-0.2, 0) is 0 Å². The third-order valence-corrected chi connectivity index (χ3v) is 3.51. The van der Waals surface area contributed by atoms with Crippen LogP contribution >= 0.6 is 11.6 Å². The molecule has 2 rings (SSSR count). The highest BCUT2D eigenvalue weighted by molar-refractivity contribution is 6.31. The molecule has 1 fully saturated rings. The molecular formula is C15H18ClN3O. The fourth-order valence-electron chi connectivity index (χ4n) is 1.70. The molecule has 1 aromatic rings. The SMILES string of the molecule is C#CC(C)(C)NC(=O)c1cc(Cl)cnc1NC1(C)CC1. The molecule has 1 aliphatic rings. The zero-order valence-corrected chi connectivity index (χ0v) is 12.6. The Morgan fingerprint density at radius 2 is 2.20 bits per heavy atom. The summed E-state index contributed by atoms with van der Waals surface area (Å²) in [5.41, 5.74) is -0.286. The lowest BCUT2D eigenvalue weighted by molar-refractivity contribution is 0.0930. The van der Waals surface area contributed by atoms with Crippen LogP contribution in [0.3, 0.4) is 0 Å². The van der Waals surface area contributed by atoms with Crippen LogP contribution in [0.5, 0.6) is 0 Å². The number of anilines is 1. The average molecular weight is 292 g/mol. The number of carbonyl (C=O) groups is 1. The van der Waals surface area contributed by atoms with Crippen LogP contribution in [0, 0.1) is 12.3 Å². The Morgan fingerprint density at radius 1 is 1.55 bits per heavy atom. The van der Waals surface area contributed by atoms with E-state index >= 15 is 0 Å². The van der Waals surface area contributed by atoms with E-state index in [1.54, 1.807) is 19.9 Å². The molecule has 1 amide bonds. The Bertz CT molecular complexity index is 585. The van der Waals surface area contributed by atoms with Crippen LogP contribution in [-0.4, -0.2) is 22.0 Å². The summed E-state index contributed by atoms with van der Waals surface area (Å²) in [4.78, 5) is 16.6. The highest BCUT2D eigenvalue weighted by Crippen LogP contribution is 2.38. The van der Waals surface area contributed by atoms with Gasteiger partial charge in [-0.25, -0.2) is 4.98 Å². The molecule has 2 N–H and O–H groups in total. The van der Waals surface area contributed by atoms with Crippen molar-refractivity contribution in [2.24, 2.45) is 0 Å². The first kappa shape index (κ1) is 14.7. The summed E-state index contributed by atoms with van der Waals surface area (Å²) >= 11 is 5.94. The van der Waals surface area contributed by atoms with Crippen LogP contribution in [0.25, 0.3) is 0 Å². The Morgan fingerprint density at radius 3 is 2.75 bits per heavy atom. The summed E-state index contributed by atoms with van der Waals surface area (Å²) in [7, 11) is 0. The van der Waals surface area contributed by atoms with E-state index in [-0.39, 0.29) is 11.4 Å². The third-order valence-electron chi connectivity index (χ3n) is 3.31. The van der Waals surface area contributed by atoms with E-state index in [0.29, 0.717) is 16.4 Å². The summed E-state index contributed by atoms with van der Waals surface area (Å²) in [5, 5.41) is 6.49. The number of carbonyl (C=O) groups excluding carboxylic acids is 1. The van der Waals surface area contributed by atoms with Crippen molar-refractivity contribution in [1.29, 1.82) is 0 Å². The lowest BCUT2D eigenvalue weighted by atomic mass is 10.1. The first-order chi connectivity index (χ1) is 9.25. The lowest BCUT2D eigenvalue weighted by Gasteiger charge is -2.21. The Balaban J connectivity index is 2.27. The van der Waals surface area contributed by atoms with E-state index < -0.39 is 5.54 Å². The molecule has 106 valence electrons. The summed E-state index contributed by atoms with van der Waals surface area (Å²) in [6.45, 7) is 5.62. The molecule has 0 unspecified atom stereocenters. The number of nitrogens with zero attached hydrogens (tertiary/aromatic N) is 1. The summed E-state index contributed by atoms with van der Waals surface area (Å²) in [6.07, 6.45) is 9.04. The van der Waals surface area contributed by atoms with Gasteiger partial charge in [0.1, 0.15) is 5.82 Å². The molecule has 1 aromatic heterocycles. The number of amides is 1. The molecule has 0 bridgehead atoms. The van der Waals surface area contributed by atoms with E-state index in [4.69, 9.17) is 18.0 Å². The van der Waals surface area contributed by atoms with Gasteiger partial charge in [0.25, 0.3) is 5.91 Å². The van der Waals surface area contributed by atoms with Crippen LogP contribution in [0.1, 0.15) is 44.0 Å². The minimum atomic E-state index is -0.722. The highest BCUT2D eigenvalue weighted by Gasteiger charge is 2.38. The van der Waals surface area contributed by atoms with Crippen molar-refractivity contribution < 1.29 is 4.79 Å². The molecule has 0 atom stereocenters. The van der Waals surface area contributed by atoms with Crippen molar-refractivity contribution in [3.05, 3.63) is 22.8 Å². The number of halogens is 1. The Labute approximate surface area is 124 Å². The highest BCUT2D eigenvalue weighted by atomic mass is 35.5. The maximum atomic E-state index is 12.4. The number of aromatic nitrogens is 1. The van der Waals surface area contributed by atoms with Gasteiger partial charge in [0, 0.05) is 11.7 Å². The van der Waals surface area contributed by atoms with Gasteiger partial charge in [0.05, 0.1) is 16.1 Å². The van der Waals surface area contributed by atoms with Gasteiger partial charge >= 0.3 is 0 Å². The molecule has 1 saturated carbocycles. The second-order valence-corrected chi connectivity index (χ2v) is 6.40. The standard InChI is InChI=1S/C15H18ClN3O/c1-5-14(2,3)19-13(20)11-8-10(16)9-17-12(11)18-15(4)6-7-15/h1,8-9H,6-7H2,2-4H3,(H,17,18)(H,19,20). The topological polar surface area (TPSA) is 54.0 Å². The monoisotopic (exact) mass is 291 g/mol. The normalized spacial score (nSPS) is 16.1. The zero-order valence-electron chi connectivity index (χ0n) is 11.9. The predicted molar refractivity (Wildman–Crippen MR) is 80.9 cm³/mol. The van der Waals surface area contributed by atoms with E-state index in [9.17, 15) is 4.79 Å². The first-order valence-electron chi connectivity index (χ1n) is 6.49. The lowest BCUT2D eigenvalue weighted by Crippen LogP contribution is -2.42. The fourth-order valence-corrected chi connectivity index (χ4v) is 1.86. The first-order valence-corrected chi connectivity index (χ1v) is 6.86. The Kier molecular flexibility index (Phi) is 3.66. The molecule has 1 heterocycles. The molecule has 0 aromatic carbocycles. The van der Waals surface area contributed by atoms with Gasteiger partial charge < -0.3 is 10.6 Å². The molecule has 4 nitrogen and oxygen atoms in total. The van der Waals surface area contributed by atoms with Crippen molar-refractivity contribution in [3.63, 3.8) is 0 Å². The second kappa shape index (κ2) is 4.99. The van der Waals surface area contributed by atoms with Crippen molar-refractivity contribution in [2.45, 2.75) is 44.7 Å². The van der Waals surface area contributed by atoms with Gasteiger partial charge in [0.2, 0.25) is 0 Å². The van der Waals surface area contributed by atoms with E-state index in [2.05, 4.69) is 28.5 Å². The fraction of sp³-hybridized carbons (Fsp3) is 0.467. The van der Waals surface area contributed by atoms with Crippen molar-refractivity contribution in [1.82, 2.24) is 10.3 Å². The number of pyridine rings is 1. The van der Waals surface area contributed by atoms with E-state index in [1.165, 1.54) is 6.20 Å². The Hall–Kier alpha value is -1.73. The average Bonchev–Trinajstić information content (AvgIpc) is 3.09. The molecular weight excluding hydrogens is 274 g/mol. The molecule has 0 aliphatic heterocycles. The summed E-state index contributed by atoms with van der Waals surface area (Å²) in [6, 6.07) is 1.60. The predicted octanol–water partition coefficient (Wildman–Crippen LogP) is 2.84. The third kappa shape index (κ3) is 3.43. The number of hydrogen-bond acceptors (Lipinski definition) is 3. The maximum absolute atomic E-state index is 12.4. The van der Waals surface area contributed by atoms with Crippen molar-refractivity contribution >= 4 is 23.3 Å². The quantitative estimate of drug-likeness (QED) is 0.839. The molecule has 20 heavy (non-hydrogen) atoms. The van der Waals surface area contributed by atoms with Gasteiger partial charge in [-0.1, -0.05) is 17.5 Å². The maximum Gasteiger partial charge on any atom is 0.256 e. The molecule has 0 saturated heterocycles. The largest absolute Gasteiger partial charge is 0.364 e. The number of rotatable bonds is 4. The zero-order chi connectivity index (χ0) is 15.0. The number of hydrogen-bond donors (Lipinski definition) is 2. The van der Waals surface area contributed by atoms with Gasteiger partial charge in [0.15, 0.2) is 0 Å². The van der Waals surface area contributed by atoms with Gasteiger partial charge in [-0.2, -0.15) is 0 Å². The minimum absolute atomic E-state index is 0.0253. The molecule has 0 radical (unpaired) electrons. The van der Waals surface area contributed by atoms with Gasteiger partial charge in [-0.15, -0.1) is 6.42 Å². The van der Waals surface area contributed by atoms with E-state index in [1.807, 2.05) is 0 Å². The molecule has 5 heteroatoms. The summed E-state index contributed by atoms with van der Waals surface area (Å²) < 4.78 is 0. The number of terminal acetylenes is 1. The van der Waals surface area contributed by atoms with Crippen LogP contribution in [0.2, 0.25) is 5.02 Å². The van der Waals surface area contributed by atoms with Crippen molar-refractivity contribution in [3.8, 4) is 12.3 Å². The van der Waals surface area contributed by atoms with Crippen molar-refractivity contribution in [2.75, 3.05) is 5.32 Å². The van der Waals surface area contributed by atoms with E-state index in [0.717, 1.165) is 12.8 Å². The van der Waals surface area contributed by atoms with Crippen LogP contribution < -0.4 is 10.6 Å².